The molecule has 0 aliphatic heterocycles. The van der Waals surface area contributed by atoms with E-state index in [0.717, 1.165) is 12.1 Å². The van der Waals surface area contributed by atoms with E-state index < -0.39 is 17.6 Å². The van der Waals surface area contributed by atoms with Gasteiger partial charge in [-0.25, -0.2) is 9.07 Å². The Bertz CT molecular complexity index is 912. The van der Waals surface area contributed by atoms with Gasteiger partial charge in [0.15, 0.2) is 17.4 Å². The van der Waals surface area contributed by atoms with Crippen molar-refractivity contribution in [1.29, 1.82) is 0 Å². The molecule has 0 spiro atoms. The third-order valence-corrected chi connectivity index (χ3v) is 4.59. The van der Waals surface area contributed by atoms with E-state index >= 15 is 0 Å². The molecule has 0 amide bonds. The molecule has 0 saturated heterocycles. The minimum Gasteiger partial charge on any atom is -0.482 e. The molecule has 1 heterocycles. The number of nitrogens with two attached hydrogens (primary N) is 1. The van der Waals surface area contributed by atoms with Crippen LogP contribution in [0.1, 0.15) is 17.0 Å². The molecule has 5 nitrogen and oxygen atoms in total. The summed E-state index contributed by atoms with van der Waals surface area (Å²) in [5, 5.41) is 8.17. The number of hydrogen-bond donors (Lipinski definition) is 1. The van der Waals surface area contributed by atoms with E-state index in [0.29, 0.717) is 16.5 Å². The van der Waals surface area contributed by atoms with Crippen molar-refractivity contribution < 1.29 is 22.3 Å². The topological polar surface area (TPSA) is 66.0 Å². The van der Waals surface area contributed by atoms with Gasteiger partial charge in [-0.2, -0.15) is 13.2 Å². The molecule has 2 N–H and O–H groups in total. The lowest BCUT2D eigenvalue weighted by Gasteiger charge is -2.08. The maximum atomic E-state index is 13.5. The van der Waals surface area contributed by atoms with Crippen molar-refractivity contribution in [2.75, 3.05) is 5.84 Å². The lowest BCUT2D eigenvalue weighted by atomic mass is 10.1. The Morgan fingerprint density at radius 1 is 1.04 bits per heavy atom. The number of nitrogens with zero attached hydrogens (tertiary/aromatic N) is 3. The number of nitrogen functional groups attached to an aromatic ring is 1. The number of alkyl halides is 3. The van der Waals surface area contributed by atoms with Crippen LogP contribution in [0.4, 0.5) is 17.6 Å². The molecule has 3 rings (SSSR count). The summed E-state index contributed by atoms with van der Waals surface area (Å²) in [7, 11) is 0. The molecule has 0 bridgehead atoms. The molecule has 2 aromatic carbocycles. The van der Waals surface area contributed by atoms with Crippen molar-refractivity contribution in [2.45, 2.75) is 23.7 Å². The van der Waals surface area contributed by atoms with E-state index in [1.54, 1.807) is 12.1 Å². The highest BCUT2D eigenvalue weighted by Crippen LogP contribution is 2.30. The zero-order valence-electron chi connectivity index (χ0n) is 13.8. The first-order chi connectivity index (χ1) is 12.8. The second-order valence-corrected chi connectivity index (χ2v) is 6.41. The van der Waals surface area contributed by atoms with Crippen LogP contribution in [0.25, 0.3) is 0 Å². The number of hydrogen-bond acceptors (Lipinski definition) is 5. The standard InChI is InChI=1S/C17H14F4N4OS/c18-13-3-1-2-4-14(13)26-9-15-23-24-16(25(15)22)27-10-11-5-7-12(8-6-11)17(19,20)21/h1-8H,9-10,22H2. The lowest BCUT2D eigenvalue weighted by molar-refractivity contribution is -0.137. The summed E-state index contributed by atoms with van der Waals surface area (Å²) in [5.41, 5.74) is -0.0222. The van der Waals surface area contributed by atoms with Crippen LogP contribution in [0, 0.1) is 5.82 Å². The molecule has 0 saturated carbocycles. The van der Waals surface area contributed by atoms with Crippen molar-refractivity contribution in [2.24, 2.45) is 0 Å². The number of thioether (sulfide) groups is 1. The van der Waals surface area contributed by atoms with Crippen LogP contribution in [0.15, 0.2) is 53.7 Å². The summed E-state index contributed by atoms with van der Waals surface area (Å²) < 4.78 is 57.8. The van der Waals surface area contributed by atoms with Gasteiger partial charge in [-0.1, -0.05) is 36.0 Å². The molecular weight excluding hydrogens is 384 g/mol. The average molecular weight is 398 g/mol. The predicted molar refractivity (Wildman–Crippen MR) is 91.9 cm³/mol. The molecule has 27 heavy (non-hydrogen) atoms. The van der Waals surface area contributed by atoms with E-state index in [9.17, 15) is 17.6 Å². The van der Waals surface area contributed by atoms with Gasteiger partial charge in [-0.15, -0.1) is 10.2 Å². The molecule has 0 aliphatic rings. The number of halogens is 4. The van der Waals surface area contributed by atoms with E-state index in [4.69, 9.17) is 10.6 Å². The van der Waals surface area contributed by atoms with Crippen molar-refractivity contribution in [1.82, 2.24) is 14.9 Å². The van der Waals surface area contributed by atoms with Gasteiger partial charge in [0.2, 0.25) is 5.16 Å². The number of benzene rings is 2. The van der Waals surface area contributed by atoms with Gasteiger partial charge >= 0.3 is 6.18 Å². The molecule has 0 aliphatic carbocycles. The molecule has 0 fully saturated rings. The highest BCUT2D eigenvalue weighted by Gasteiger charge is 2.29. The molecule has 0 radical (unpaired) electrons. The fourth-order valence-electron chi connectivity index (χ4n) is 2.15. The number of aromatic nitrogens is 3. The van der Waals surface area contributed by atoms with E-state index in [-0.39, 0.29) is 18.2 Å². The highest BCUT2D eigenvalue weighted by atomic mass is 32.2. The Kier molecular flexibility index (Phi) is 5.54. The predicted octanol–water partition coefficient (Wildman–Crippen LogP) is 4.02. The minimum atomic E-state index is -4.36. The molecule has 1 aromatic heterocycles. The Labute approximate surface area is 156 Å². The first-order valence-electron chi connectivity index (χ1n) is 7.70. The fraction of sp³-hybridized carbons (Fsp3) is 0.176. The average Bonchev–Trinajstić information content (AvgIpc) is 2.99. The van der Waals surface area contributed by atoms with E-state index in [1.165, 1.54) is 40.7 Å². The van der Waals surface area contributed by atoms with E-state index in [1.807, 2.05) is 0 Å². The van der Waals surface area contributed by atoms with Crippen LogP contribution in [0.3, 0.4) is 0 Å². The van der Waals surface area contributed by atoms with Gasteiger partial charge < -0.3 is 10.6 Å². The Morgan fingerprint density at radius 2 is 1.74 bits per heavy atom. The van der Waals surface area contributed by atoms with Crippen LogP contribution >= 0.6 is 11.8 Å². The van der Waals surface area contributed by atoms with Crippen molar-refractivity contribution in [3.8, 4) is 5.75 Å². The number of para-hydroxylation sites is 1. The van der Waals surface area contributed by atoms with Crippen molar-refractivity contribution in [3.05, 3.63) is 71.3 Å². The van der Waals surface area contributed by atoms with Gasteiger partial charge in [0.05, 0.1) is 5.56 Å². The van der Waals surface area contributed by atoms with Gasteiger partial charge in [0.1, 0.15) is 6.61 Å². The van der Waals surface area contributed by atoms with Crippen molar-refractivity contribution >= 4 is 11.8 Å². The SMILES string of the molecule is Nn1c(COc2ccccc2F)nnc1SCc1ccc(C(F)(F)F)cc1. The van der Waals surface area contributed by atoms with Gasteiger partial charge in [0.25, 0.3) is 0 Å². The molecule has 10 heteroatoms. The van der Waals surface area contributed by atoms with Crippen molar-refractivity contribution in [3.63, 3.8) is 0 Å². The molecule has 142 valence electrons. The van der Waals surface area contributed by atoms with Crippen LogP contribution in [-0.2, 0) is 18.5 Å². The summed E-state index contributed by atoms with van der Waals surface area (Å²) >= 11 is 1.21. The molecule has 3 aromatic rings. The van der Waals surface area contributed by atoms with E-state index in [2.05, 4.69) is 10.2 Å². The monoisotopic (exact) mass is 398 g/mol. The zero-order chi connectivity index (χ0) is 19.4. The fourth-order valence-corrected chi connectivity index (χ4v) is 2.98. The van der Waals surface area contributed by atoms with Crippen LogP contribution < -0.4 is 10.6 Å². The van der Waals surface area contributed by atoms with Gasteiger partial charge in [-0.05, 0) is 29.8 Å². The first kappa shape index (κ1) is 19.0. The zero-order valence-corrected chi connectivity index (χ0v) is 14.6. The van der Waals surface area contributed by atoms with Gasteiger partial charge in [-0.3, -0.25) is 0 Å². The Hall–Kier alpha value is -2.75. The minimum absolute atomic E-state index is 0.0689. The normalized spacial score (nSPS) is 11.6. The maximum absolute atomic E-state index is 13.5. The summed E-state index contributed by atoms with van der Waals surface area (Å²) in [5.74, 6) is 6.11. The third-order valence-electron chi connectivity index (χ3n) is 3.58. The summed E-state index contributed by atoms with van der Waals surface area (Å²) in [6.45, 7) is -0.0781. The molecular formula is C17H14F4N4OS. The number of rotatable bonds is 6. The lowest BCUT2D eigenvalue weighted by Crippen LogP contribution is -2.16. The molecule has 0 atom stereocenters. The smallest absolute Gasteiger partial charge is 0.416 e. The first-order valence-corrected chi connectivity index (χ1v) is 8.69. The third kappa shape index (κ3) is 4.70. The maximum Gasteiger partial charge on any atom is 0.416 e. The van der Waals surface area contributed by atoms with Crippen LogP contribution in [0.5, 0.6) is 5.75 Å². The quantitative estimate of drug-likeness (QED) is 0.386. The second-order valence-electron chi connectivity index (χ2n) is 5.47. The number of ether oxygens (including phenoxy) is 1. The van der Waals surface area contributed by atoms with Gasteiger partial charge in [0, 0.05) is 5.75 Å². The largest absolute Gasteiger partial charge is 0.482 e. The second kappa shape index (κ2) is 7.87. The highest BCUT2D eigenvalue weighted by molar-refractivity contribution is 7.98. The Morgan fingerprint density at radius 3 is 2.41 bits per heavy atom. The van der Waals surface area contributed by atoms with Crippen LogP contribution in [0.2, 0.25) is 0 Å². The molecule has 0 unspecified atom stereocenters. The Balaban J connectivity index is 1.59. The van der Waals surface area contributed by atoms with Crippen LogP contribution in [-0.4, -0.2) is 14.9 Å². The summed E-state index contributed by atoms with van der Waals surface area (Å²) in [4.78, 5) is 0. The summed E-state index contributed by atoms with van der Waals surface area (Å²) in [6, 6.07) is 10.8. The summed E-state index contributed by atoms with van der Waals surface area (Å²) in [6.07, 6.45) is -4.36.